The molecule has 2 heterocycles. The van der Waals surface area contributed by atoms with E-state index in [2.05, 4.69) is 9.97 Å². The van der Waals surface area contributed by atoms with Gasteiger partial charge in [0.25, 0.3) is 0 Å². The van der Waals surface area contributed by atoms with Crippen LogP contribution in [0.1, 0.15) is 16.3 Å². The molecule has 110 valence electrons. The topological polar surface area (TPSA) is 95.5 Å². The van der Waals surface area contributed by atoms with Gasteiger partial charge in [-0.1, -0.05) is 0 Å². The zero-order valence-corrected chi connectivity index (χ0v) is 12.6. The molecule has 0 aliphatic carbocycles. The van der Waals surface area contributed by atoms with Gasteiger partial charge in [-0.25, -0.2) is 9.97 Å². The Bertz CT molecular complexity index is 594. The van der Waals surface area contributed by atoms with Crippen LogP contribution in [0.5, 0.6) is 0 Å². The molecule has 0 bridgehead atoms. The predicted octanol–water partition coefficient (Wildman–Crippen LogP) is 0.677. The van der Waals surface area contributed by atoms with Crippen LogP contribution >= 0.6 is 11.3 Å². The molecule has 0 fully saturated rings. The number of nitrogens with two attached hydrogens (primary N) is 1. The summed E-state index contributed by atoms with van der Waals surface area (Å²) in [7, 11) is 0. The van der Waals surface area contributed by atoms with Crippen LogP contribution in [0.25, 0.3) is 10.2 Å². The van der Waals surface area contributed by atoms with Crippen molar-refractivity contribution < 1.29 is 10.2 Å². The molecular weight excluding hydrogens is 276 g/mol. The average Bonchev–Trinajstić information content (AvgIpc) is 2.66. The first-order chi connectivity index (χ1) is 9.56. The van der Waals surface area contributed by atoms with E-state index < -0.39 is 0 Å². The minimum absolute atomic E-state index is 0.0367. The van der Waals surface area contributed by atoms with Crippen molar-refractivity contribution in [2.24, 2.45) is 0 Å². The van der Waals surface area contributed by atoms with E-state index in [4.69, 9.17) is 15.9 Å². The summed E-state index contributed by atoms with van der Waals surface area (Å²) >= 11 is 1.61. The third-order valence-corrected chi connectivity index (χ3v) is 4.40. The van der Waals surface area contributed by atoms with E-state index in [0.29, 0.717) is 31.3 Å². The second kappa shape index (κ2) is 6.45. The van der Waals surface area contributed by atoms with E-state index >= 15 is 0 Å². The zero-order chi connectivity index (χ0) is 14.7. The lowest BCUT2D eigenvalue weighted by Crippen LogP contribution is -2.30. The number of fused-ring (bicyclic) bond motifs is 1. The van der Waals surface area contributed by atoms with E-state index in [1.165, 1.54) is 4.88 Å². The lowest BCUT2D eigenvalue weighted by atomic mass is 10.2. The fourth-order valence-electron chi connectivity index (χ4n) is 2.15. The number of aliphatic hydroxyl groups excluding tert-OH is 2. The van der Waals surface area contributed by atoms with Gasteiger partial charge in [-0.3, -0.25) is 4.90 Å². The highest BCUT2D eigenvalue weighted by molar-refractivity contribution is 7.18. The second-order valence-corrected chi connectivity index (χ2v) is 5.92. The molecule has 0 spiro atoms. The number of rotatable bonds is 6. The number of aliphatic hydroxyl groups is 2. The van der Waals surface area contributed by atoms with Crippen LogP contribution in [0, 0.1) is 13.8 Å². The number of anilines is 1. The molecule has 0 aliphatic rings. The molecule has 2 aromatic heterocycles. The number of nitrogen functional groups attached to an aromatic ring is 1. The van der Waals surface area contributed by atoms with Crippen molar-refractivity contribution in [3.63, 3.8) is 0 Å². The zero-order valence-electron chi connectivity index (χ0n) is 11.8. The SMILES string of the molecule is Cc1sc2nc(CN(CCO)CCO)nc(N)c2c1C. The Morgan fingerprint density at radius 1 is 1.15 bits per heavy atom. The molecule has 0 unspecified atom stereocenters. The molecule has 0 aliphatic heterocycles. The maximum absolute atomic E-state index is 9.02. The highest BCUT2D eigenvalue weighted by Crippen LogP contribution is 2.31. The van der Waals surface area contributed by atoms with Gasteiger partial charge in [0.2, 0.25) is 0 Å². The van der Waals surface area contributed by atoms with Gasteiger partial charge in [-0.05, 0) is 19.4 Å². The monoisotopic (exact) mass is 296 g/mol. The number of hydrogen-bond acceptors (Lipinski definition) is 7. The molecule has 6 nitrogen and oxygen atoms in total. The lowest BCUT2D eigenvalue weighted by Gasteiger charge is -2.19. The van der Waals surface area contributed by atoms with Gasteiger partial charge in [0, 0.05) is 18.0 Å². The highest BCUT2D eigenvalue weighted by Gasteiger charge is 2.14. The molecule has 0 saturated carbocycles. The van der Waals surface area contributed by atoms with Crippen molar-refractivity contribution in [2.45, 2.75) is 20.4 Å². The lowest BCUT2D eigenvalue weighted by molar-refractivity contribution is 0.153. The summed E-state index contributed by atoms with van der Waals surface area (Å²) in [5.41, 5.74) is 7.17. The molecule has 2 rings (SSSR count). The van der Waals surface area contributed by atoms with Crippen LogP contribution in [0.4, 0.5) is 5.82 Å². The first-order valence-electron chi connectivity index (χ1n) is 6.53. The van der Waals surface area contributed by atoms with Crippen LogP contribution in [0.3, 0.4) is 0 Å². The Kier molecular flexibility index (Phi) is 4.87. The third kappa shape index (κ3) is 3.06. The van der Waals surface area contributed by atoms with Gasteiger partial charge in [0.15, 0.2) is 0 Å². The molecule has 2 aromatic rings. The molecule has 7 heteroatoms. The molecular formula is C13H20N4O2S. The Morgan fingerprint density at radius 3 is 2.40 bits per heavy atom. The van der Waals surface area contributed by atoms with E-state index in [0.717, 1.165) is 15.8 Å². The van der Waals surface area contributed by atoms with E-state index in [9.17, 15) is 0 Å². The van der Waals surface area contributed by atoms with Crippen LogP contribution < -0.4 is 5.73 Å². The summed E-state index contributed by atoms with van der Waals surface area (Å²) in [5.74, 6) is 1.12. The van der Waals surface area contributed by atoms with E-state index in [1.807, 2.05) is 18.7 Å². The average molecular weight is 296 g/mol. The Morgan fingerprint density at radius 2 is 1.80 bits per heavy atom. The summed E-state index contributed by atoms with van der Waals surface area (Å²) in [5, 5.41) is 19.0. The molecule has 20 heavy (non-hydrogen) atoms. The van der Waals surface area contributed by atoms with Gasteiger partial charge in [0.1, 0.15) is 16.5 Å². The number of thiophene rings is 1. The minimum Gasteiger partial charge on any atom is -0.395 e. The summed E-state index contributed by atoms with van der Waals surface area (Å²) in [6.07, 6.45) is 0. The maximum Gasteiger partial charge on any atom is 0.146 e. The Balaban J connectivity index is 2.31. The molecule has 0 atom stereocenters. The molecule has 0 aromatic carbocycles. The summed E-state index contributed by atoms with van der Waals surface area (Å²) in [4.78, 5) is 12.9. The second-order valence-electron chi connectivity index (χ2n) is 4.71. The largest absolute Gasteiger partial charge is 0.395 e. The number of nitrogens with zero attached hydrogens (tertiary/aromatic N) is 3. The van der Waals surface area contributed by atoms with E-state index in [1.54, 1.807) is 11.3 Å². The standard InChI is InChI=1S/C13H20N4O2S/c1-8-9(2)20-13-11(8)12(14)15-10(16-13)7-17(3-5-18)4-6-19/h18-19H,3-7H2,1-2H3,(H2,14,15,16). The van der Waals surface area contributed by atoms with Crippen LogP contribution in [0.15, 0.2) is 0 Å². The van der Waals surface area contributed by atoms with Gasteiger partial charge < -0.3 is 15.9 Å². The van der Waals surface area contributed by atoms with Crippen molar-refractivity contribution in [1.29, 1.82) is 0 Å². The summed E-state index contributed by atoms with van der Waals surface area (Å²) < 4.78 is 0. The predicted molar refractivity (Wildman–Crippen MR) is 80.8 cm³/mol. The van der Waals surface area contributed by atoms with Crippen LogP contribution in [0.2, 0.25) is 0 Å². The van der Waals surface area contributed by atoms with Crippen LogP contribution in [-0.4, -0.2) is 51.4 Å². The molecule has 0 radical (unpaired) electrons. The van der Waals surface area contributed by atoms with E-state index in [-0.39, 0.29) is 13.2 Å². The molecule has 0 saturated heterocycles. The Hall–Kier alpha value is -1.28. The van der Waals surface area contributed by atoms with Gasteiger partial charge in [-0.15, -0.1) is 11.3 Å². The first kappa shape index (κ1) is 15.1. The fourth-order valence-corrected chi connectivity index (χ4v) is 3.21. The third-order valence-electron chi connectivity index (χ3n) is 3.30. The number of aromatic nitrogens is 2. The van der Waals surface area contributed by atoms with Crippen LogP contribution in [-0.2, 0) is 6.54 Å². The number of hydrogen-bond donors (Lipinski definition) is 3. The summed E-state index contributed by atoms with van der Waals surface area (Å²) in [6.45, 7) is 5.57. The van der Waals surface area contributed by atoms with Gasteiger partial charge >= 0.3 is 0 Å². The number of aryl methyl sites for hydroxylation is 2. The van der Waals surface area contributed by atoms with Crippen molar-refractivity contribution in [2.75, 3.05) is 32.0 Å². The quantitative estimate of drug-likeness (QED) is 0.725. The fraction of sp³-hybridized carbons (Fsp3) is 0.538. The van der Waals surface area contributed by atoms with Gasteiger partial charge in [0.05, 0.1) is 25.1 Å². The molecule has 0 amide bonds. The normalized spacial score (nSPS) is 11.7. The minimum atomic E-state index is 0.0367. The molecule has 4 N–H and O–H groups in total. The van der Waals surface area contributed by atoms with Crippen molar-refractivity contribution in [1.82, 2.24) is 14.9 Å². The smallest absolute Gasteiger partial charge is 0.146 e. The van der Waals surface area contributed by atoms with Gasteiger partial charge in [-0.2, -0.15) is 0 Å². The van der Waals surface area contributed by atoms with Crippen molar-refractivity contribution >= 4 is 27.4 Å². The van der Waals surface area contributed by atoms with Crippen molar-refractivity contribution in [3.05, 3.63) is 16.3 Å². The maximum atomic E-state index is 9.02. The summed E-state index contributed by atoms with van der Waals surface area (Å²) in [6, 6.07) is 0. The Labute approximate surface area is 121 Å². The first-order valence-corrected chi connectivity index (χ1v) is 7.34. The highest BCUT2D eigenvalue weighted by atomic mass is 32.1. The van der Waals surface area contributed by atoms with Crippen molar-refractivity contribution in [3.8, 4) is 0 Å².